The van der Waals surface area contributed by atoms with Crippen LogP contribution in [-0.4, -0.2) is 16.6 Å². The first-order chi connectivity index (χ1) is 7.41. The van der Waals surface area contributed by atoms with Crippen molar-refractivity contribution in [1.29, 1.82) is 0 Å². The Morgan fingerprint density at radius 2 is 2.19 bits per heavy atom. The van der Waals surface area contributed by atoms with Gasteiger partial charge in [-0.2, -0.15) is 0 Å². The summed E-state index contributed by atoms with van der Waals surface area (Å²) in [5.74, 6) is -1.92. The minimum Gasteiger partial charge on any atom is -0.478 e. The molecule has 0 bridgehead atoms. The van der Waals surface area contributed by atoms with Crippen molar-refractivity contribution < 1.29 is 14.3 Å². The van der Waals surface area contributed by atoms with Crippen LogP contribution in [0.5, 0.6) is 0 Å². The van der Waals surface area contributed by atoms with Crippen molar-refractivity contribution in [2.75, 3.05) is 0 Å². The number of halogens is 1. The third-order valence-electron chi connectivity index (χ3n) is 3.09. The number of carbonyl (C=O) groups is 1. The van der Waals surface area contributed by atoms with Crippen LogP contribution in [-0.2, 0) is 6.42 Å². The Morgan fingerprint density at radius 3 is 2.69 bits per heavy atom. The molecule has 0 unspecified atom stereocenters. The van der Waals surface area contributed by atoms with E-state index in [9.17, 15) is 9.18 Å². The van der Waals surface area contributed by atoms with E-state index in [0.717, 1.165) is 24.0 Å². The van der Waals surface area contributed by atoms with E-state index in [0.29, 0.717) is 6.42 Å². The lowest BCUT2D eigenvalue weighted by Crippen LogP contribution is -2.25. The van der Waals surface area contributed by atoms with E-state index in [-0.39, 0.29) is 11.1 Å². The maximum Gasteiger partial charge on any atom is 0.338 e. The summed E-state index contributed by atoms with van der Waals surface area (Å²) in [5.41, 5.74) is 7.10. The first kappa shape index (κ1) is 11.1. The number of nitrogens with two attached hydrogens (primary N) is 1. The van der Waals surface area contributed by atoms with Crippen LogP contribution < -0.4 is 5.73 Å². The van der Waals surface area contributed by atoms with Crippen LogP contribution in [0.4, 0.5) is 4.39 Å². The molecule has 0 spiro atoms. The van der Waals surface area contributed by atoms with Crippen LogP contribution in [0.3, 0.4) is 0 Å². The topological polar surface area (TPSA) is 63.3 Å². The van der Waals surface area contributed by atoms with Gasteiger partial charge in [-0.05, 0) is 49.4 Å². The molecule has 1 aromatic carbocycles. The summed E-state index contributed by atoms with van der Waals surface area (Å²) >= 11 is 0. The molecule has 1 saturated carbocycles. The fraction of sp³-hybridized carbons (Fsp3) is 0.417. The third kappa shape index (κ3) is 2.07. The van der Waals surface area contributed by atoms with Gasteiger partial charge in [-0.1, -0.05) is 0 Å². The quantitative estimate of drug-likeness (QED) is 0.822. The van der Waals surface area contributed by atoms with Crippen LogP contribution in [0.2, 0.25) is 0 Å². The summed E-state index contributed by atoms with van der Waals surface area (Å²) < 4.78 is 13.3. The Balaban J connectivity index is 2.37. The highest BCUT2D eigenvalue weighted by Crippen LogP contribution is 2.36. The van der Waals surface area contributed by atoms with Crippen LogP contribution in [0.15, 0.2) is 12.1 Å². The third-order valence-corrected chi connectivity index (χ3v) is 3.09. The van der Waals surface area contributed by atoms with Crippen molar-refractivity contribution in [3.05, 3.63) is 34.6 Å². The highest BCUT2D eigenvalue weighted by Gasteiger charge is 2.38. The molecule has 1 fully saturated rings. The van der Waals surface area contributed by atoms with Crippen molar-refractivity contribution in [3.63, 3.8) is 0 Å². The Morgan fingerprint density at radius 1 is 1.56 bits per heavy atom. The number of aromatic carboxylic acids is 1. The minimum absolute atomic E-state index is 0.196. The van der Waals surface area contributed by atoms with E-state index < -0.39 is 11.8 Å². The molecular formula is C12H14FNO2. The molecule has 2 rings (SSSR count). The first-order valence-corrected chi connectivity index (χ1v) is 5.22. The van der Waals surface area contributed by atoms with Crippen LogP contribution in [0, 0.1) is 12.7 Å². The average molecular weight is 223 g/mol. The maximum absolute atomic E-state index is 13.3. The van der Waals surface area contributed by atoms with Crippen LogP contribution >= 0.6 is 0 Å². The SMILES string of the molecule is Cc1cc(F)c(C(=O)O)cc1CC1(N)CC1. The van der Waals surface area contributed by atoms with Gasteiger partial charge in [0.25, 0.3) is 0 Å². The van der Waals surface area contributed by atoms with Gasteiger partial charge >= 0.3 is 5.97 Å². The van der Waals surface area contributed by atoms with Crippen LogP contribution in [0.25, 0.3) is 0 Å². The standard InChI is InChI=1S/C12H14FNO2/c1-7-4-10(13)9(11(15)16)5-8(7)6-12(14)2-3-12/h4-5H,2-3,6,14H2,1H3,(H,15,16). The zero-order valence-electron chi connectivity index (χ0n) is 9.09. The number of hydrogen-bond donors (Lipinski definition) is 2. The molecule has 0 aromatic heterocycles. The highest BCUT2D eigenvalue weighted by molar-refractivity contribution is 5.88. The molecular weight excluding hydrogens is 209 g/mol. The van der Waals surface area contributed by atoms with E-state index in [1.165, 1.54) is 12.1 Å². The normalized spacial score (nSPS) is 17.2. The van der Waals surface area contributed by atoms with E-state index in [1.54, 1.807) is 6.92 Å². The summed E-state index contributed by atoms with van der Waals surface area (Å²) in [6.45, 7) is 1.77. The monoisotopic (exact) mass is 223 g/mol. The fourth-order valence-electron chi connectivity index (χ4n) is 1.79. The van der Waals surface area contributed by atoms with E-state index in [4.69, 9.17) is 10.8 Å². The molecule has 0 heterocycles. The summed E-state index contributed by atoms with van der Waals surface area (Å²) in [4.78, 5) is 10.8. The molecule has 16 heavy (non-hydrogen) atoms. The van der Waals surface area contributed by atoms with Crippen molar-refractivity contribution in [2.45, 2.75) is 31.7 Å². The van der Waals surface area contributed by atoms with Gasteiger partial charge in [-0.15, -0.1) is 0 Å². The lowest BCUT2D eigenvalue weighted by atomic mass is 9.97. The second kappa shape index (κ2) is 3.56. The van der Waals surface area contributed by atoms with Gasteiger partial charge in [0.2, 0.25) is 0 Å². The molecule has 0 amide bonds. The minimum atomic E-state index is -1.24. The van der Waals surface area contributed by atoms with Gasteiger partial charge in [0.05, 0.1) is 5.56 Å². The molecule has 1 aromatic rings. The molecule has 3 nitrogen and oxygen atoms in total. The average Bonchev–Trinajstić information content (AvgIpc) is 2.88. The lowest BCUT2D eigenvalue weighted by Gasteiger charge is -2.12. The molecule has 0 aliphatic heterocycles. The number of aryl methyl sites for hydroxylation is 1. The number of carboxylic acid groups (broad SMARTS) is 1. The van der Waals surface area contributed by atoms with Gasteiger partial charge in [0.1, 0.15) is 5.82 Å². The molecule has 86 valence electrons. The largest absolute Gasteiger partial charge is 0.478 e. The van der Waals surface area contributed by atoms with E-state index in [2.05, 4.69) is 0 Å². The van der Waals surface area contributed by atoms with Gasteiger partial charge in [-0.25, -0.2) is 9.18 Å². The molecule has 0 saturated heterocycles. The molecule has 3 N–H and O–H groups in total. The summed E-state index contributed by atoms with van der Waals surface area (Å²) in [6, 6.07) is 2.67. The Bertz CT molecular complexity index is 453. The number of carboxylic acids is 1. The summed E-state index contributed by atoms with van der Waals surface area (Å²) in [5, 5.41) is 8.82. The first-order valence-electron chi connectivity index (χ1n) is 5.22. The summed E-state index contributed by atoms with van der Waals surface area (Å²) in [6.07, 6.45) is 2.53. The Kier molecular flexibility index (Phi) is 2.46. The van der Waals surface area contributed by atoms with Crippen molar-refractivity contribution in [1.82, 2.24) is 0 Å². The van der Waals surface area contributed by atoms with Crippen LogP contribution in [0.1, 0.15) is 34.3 Å². The van der Waals surface area contributed by atoms with E-state index >= 15 is 0 Å². The van der Waals surface area contributed by atoms with Crippen molar-refractivity contribution >= 4 is 5.97 Å². The lowest BCUT2D eigenvalue weighted by molar-refractivity contribution is 0.0691. The summed E-state index contributed by atoms with van der Waals surface area (Å²) in [7, 11) is 0. The van der Waals surface area contributed by atoms with Gasteiger partial charge in [0.15, 0.2) is 0 Å². The molecule has 0 atom stereocenters. The molecule has 0 radical (unpaired) electrons. The number of benzene rings is 1. The molecule has 4 heteroatoms. The zero-order chi connectivity index (χ0) is 11.9. The van der Waals surface area contributed by atoms with Gasteiger partial charge in [0, 0.05) is 5.54 Å². The van der Waals surface area contributed by atoms with Gasteiger partial charge in [-0.3, -0.25) is 0 Å². The smallest absolute Gasteiger partial charge is 0.338 e. The maximum atomic E-state index is 13.3. The second-order valence-electron chi connectivity index (χ2n) is 4.60. The fourth-order valence-corrected chi connectivity index (χ4v) is 1.79. The van der Waals surface area contributed by atoms with Crippen molar-refractivity contribution in [2.24, 2.45) is 5.73 Å². The van der Waals surface area contributed by atoms with Gasteiger partial charge < -0.3 is 10.8 Å². The molecule has 1 aliphatic carbocycles. The Labute approximate surface area is 93.1 Å². The predicted octanol–water partition coefficient (Wildman–Crippen LogP) is 1.87. The number of rotatable bonds is 3. The predicted molar refractivity (Wildman–Crippen MR) is 58.0 cm³/mol. The van der Waals surface area contributed by atoms with Crippen molar-refractivity contribution in [3.8, 4) is 0 Å². The zero-order valence-corrected chi connectivity index (χ0v) is 9.09. The number of hydrogen-bond acceptors (Lipinski definition) is 2. The Hall–Kier alpha value is -1.42. The molecule has 1 aliphatic rings. The van der Waals surface area contributed by atoms with E-state index in [1.807, 2.05) is 0 Å². The highest BCUT2D eigenvalue weighted by atomic mass is 19.1. The second-order valence-corrected chi connectivity index (χ2v) is 4.60.